The number of rotatable bonds is 8. The summed E-state index contributed by atoms with van der Waals surface area (Å²) in [4.78, 5) is 11.7. The van der Waals surface area contributed by atoms with Crippen molar-refractivity contribution < 1.29 is 9.90 Å². The highest BCUT2D eigenvalue weighted by Gasteiger charge is 2.42. The third kappa shape index (κ3) is 5.25. The molecule has 1 aliphatic carbocycles. The first kappa shape index (κ1) is 15.3. The highest BCUT2D eigenvalue weighted by molar-refractivity contribution is 5.74. The van der Waals surface area contributed by atoms with Crippen LogP contribution in [0.15, 0.2) is 0 Å². The fourth-order valence-corrected chi connectivity index (χ4v) is 2.17. The van der Waals surface area contributed by atoms with E-state index in [1.807, 2.05) is 6.92 Å². The molecule has 0 aromatic rings. The lowest BCUT2D eigenvalue weighted by Crippen LogP contribution is -2.54. The SMILES string of the molecule is CC(C)CCCCNC(=O)NC(C)(CO)C1CC1. The predicted octanol–water partition coefficient (Wildman–Crippen LogP) is 2.27. The molecule has 1 rings (SSSR count). The van der Waals surface area contributed by atoms with Crippen molar-refractivity contribution in [3.8, 4) is 0 Å². The van der Waals surface area contributed by atoms with Crippen LogP contribution in [0.2, 0.25) is 0 Å². The van der Waals surface area contributed by atoms with E-state index in [9.17, 15) is 9.90 Å². The summed E-state index contributed by atoms with van der Waals surface area (Å²) in [6.45, 7) is 7.07. The molecule has 3 N–H and O–H groups in total. The van der Waals surface area contributed by atoms with Gasteiger partial charge in [0.2, 0.25) is 0 Å². The highest BCUT2D eigenvalue weighted by atomic mass is 16.3. The molecular formula is C14H28N2O2. The summed E-state index contributed by atoms with van der Waals surface area (Å²) in [7, 11) is 0. The average molecular weight is 256 g/mol. The lowest BCUT2D eigenvalue weighted by atomic mass is 9.97. The minimum atomic E-state index is -0.442. The van der Waals surface area contributed by atoms with Crippen molar-refractivity contribution in [1.29, 1.82) is 0 Å². The molecule has 0 heterocycles. The zero-order valence-electron chi connectivity index (χ0n) is 12.0. The fourth-order valence-electron chi connectivity index (χ4n) is 2.17. The standard InChI is InChI=1S/C14H28N2O2/c1-11(2)6-4-5-9-15-13(18)16-14(3,10-17)12-7-8-12/h11-12,17H,4-10H2,1-3H3,(H2,15,16,18). The lowest BCUT2D eigenvalue weighted by molar-refractivity contribution is 0.155. The monoisotopic (exact) mass is 256 g/mol. The number of nitrogens with one attached hydrogen (secondary N) is 2. The van der Waals surface area contributed by atoms with Crippen molar-refractivity contribution >= 4 is 6.03 Å². The van der Waals surface area contributed by atoms with E-state index in [0.717, 1.165) is 31.6 Å². The Hall–Kier alpha value is -0.770. The summed E-state index contributed by atoms with van der Waals surface area (Å²) in [5.41, 5.74) is -0.442. The second-order valence-corrected chi connectivity index (χ2v) is 6.12. The summed E-state index contributed by atoms with van der Waals surface area (Å²) in [5, 5.41) is 15.1. The molecule has 106 valence electrons. The normalized spacial score (nSPS) is 18.5. The first-order valence-corrected chi connectivity index (χ1v) is 7.15. The van der Waals surface area contributed by atoms with Crippen molar-refractivity contribution in [2.24, 2.45) is 11.8 Å². The van der Waals surface area contributed by atoms with Crippen LogP contribution in [0.1, 0.15) is 52.9 Å². The minimum absolute atomic E-state index is 0.0123. The summed E-state index contributed by atoms with van der Waals surface area (Å²) < 4.78 is 0. The van der Waals surface area contributed by atoms with Crippen LogP contribution in [0.3, 0.4) is 0 Å². The Balaban J connectivity index is 2.13. The van der Waals surface area contributed by atoms with Gasteiger partial charge in [0, 0.05) is 6.54 Å². The first-order chi connectivity index (χ1) is 8.48. The number of hydrogen-bond acceptors (Lipinski definition) is 2. The van der Waals surface area contributed by atoms with Gasteiger partial charge in [0.25, 0.3) is 0 Å². The van der Waals surface area contributed by atoms with Gasteiger partial charge < -0.3 is 15.7 Å². The van der Waals surface area contributed by atoms with E-state index in [4.69, 9.17) is 0 Å². The predicted molar refractivity (Wildman–Crippen MR) is 73.4 cm³/mol. The Morgan fingerprint density at radius 1 is 1.39 bits per heavy atom. The van der Waals surface area contributed by atoms with Crippen LogP contribution < -0.4 is 10.6 Å². The number of carbonyl (C=O) groups is 1. The molecule has 1 unspecified atom stereocenters. The van der Waals surface area contributed by atoms with Gasteiger partial charge in [0.1, 0.15) is 0 Å². The molecule has 1 aliphatic rings. The molecule has 0 bridgehead atoms. The Kier molecular flexibility index (Phi) is 5.93. The number of aliphatic hydroxyl groups is 1. The van der Waals surface area contributed by atoms with Crippen molar-refractivity contribution in [3.63, 3.8) is 0 Å². The molecule has 0 saturated heterocycles. The van der Waals surface area contributed by atoms with Crippen LogP contribution in [0.25, 0.3) is 0 Å². The van der Waals surface area contributed by atoms with Gasteiger partial charge in [0.05, 0.1) is 12.1 Å². The van der Waals surface area contributed by atoms with Crippen LogP contribution >= 0.6 is 0 Å². The minimum Gasteiger partial charge on any atom is -0.394 e. The third-order valence-corrected chi connectivity index (χ3v) is 3.70. The van der Waals surface area contributed by atoms with Gasteiger partial charge in [-0.15, -0.1) is 0 Å². The molecule has 0 spiro atoms. The molecule has 2 amide bonds. The zero-order valence-corrected chi connectivity index (χ0v) is 12.0. The quantitative estimate of drug-likeness (QED) is 0.583. The van der Waals surface area contributed by atoms with Crippen molar-refractivity contribution in [2.45, 2.75) is 58.4 Å². The van der Waals surface area contributed by atoms with E-state index in [2.05, 4.69) is 24.5 Å². The number of carbonyl (C=O) groups excluding carboxylic acids is 1. The largest absolute Gasteiger partial charge is 0.394 e. The molecule has 18 heavy (non-hydrogen) atoms. The summed E-state index contributed by atoms with van der Waals surface area (Å²) in [6, 6.07) is -0.150. The van der Waals surface area contributed by atoms with Gasteiger partial charge in [0.15, 0.2) is 0 Å². The molecule has 4 nitrogen and oxygen atoms in total. The molecular weight excluding hydrogens is 228 g/mol. The Bertz CT molecular complexity index is 265. The third-order valence-electron chi connectivity index (χ3n) is 3.70. The highest BCUT2D eigenvalue weighted by Crippen LogP contribution is 2.39. The van der Waals surface area contributed by atoms with Crippen molar-refractivity contribution in [1.82, 2.24) is 10.6 Å². The smallest absolute Gasteiger partial charge is 0.315 e. The van der Waals surface area contributed by atoms with Crippen molar-refractivity contribution in [3.05, 3.63) is 0 Å². The maximum absolute atomic E-state index is 11.7. The fraction of sp³-hybridized carbons (Fsp3) is 0.929. The number of aliphatic hydroxyl groups excluding tert-OH is 1. The van der Waals surface area contributed by atoms with E-state index in [1.54, 1.807) is 0 Å². The first-order valence-electron chi connectivity index (χ1n) is 7.15. The Morgan fingerprint density at radius 2 is 2.06 bits per heavy atom. The molecule has 1 fully saturated rings. The van der Waals surface area contributed by atoms with E-state index in [1.165, 1.54) is 6.42 Å². The average Bonchev–Trinajstić information content (AvgIpc) is 3.12. The molecule has 0 aromatic heterocycles. The lowest BCUT2D eigenvalue weighted by Gasteiger charge is -2.28. The van der Waals surface area contributed by atoms with Crippen LogP contribution in [0.5, 0.6) is 0 Å². The van der Waals surface area contributed by atoms with Crippen molar-refractivity contribution in [2.75, 3.05) is 13.2 Å². The second-order valence-electron chi connectivity index (χ2n) is 6.12. The summed E-state index contributed by atoms with van der Waals surface area (Å²) >= 11 is 0. The number of unbranched alkanes of at least 4 members (excludes halogenated alkanes) is 1. The summed E-state index contributed by atoms with van der Waals surface area (Å²) in [5.74, 6) is 1.17. The molecule has 0 aliphatic heterocycles. The maximum atomic E-state index is 11.7. The second kappa shape index (κ2) is 6.98. The van der Waals surface area contributed by atoms with E-state index >= 15 is 0 Å². The van der Waals surface area contributed by atoms with Gasteiger partial charge in [-0.1, -0.05) is 26.7 Å². The zero-order chi connectivity index (χ0) is 13.6. The van der Waals surface area contributed by atoms with Crippen LogP contribution in [0, 0.1) is 11.8 Å². The van der Waals surface area contributed by atoms with E-state index in [0.29, 0.717) is 12.5 Å². The number of amides is 2. The van der Waals surface area contributed by atoms with E-state index in [-0.39, 0.29) is 12.6 Å². The molecule has 0 aromatic carbocycles. The van der Waals surface area contributed by atoms with E-state index < -0.39 is 5.54 Å². The Labute approximate surface area is 111 Å². The number of urea groups is 1. The number of hydrogen-bond donors (Lipinski definition) is 3. The molecule has 0 radical (unpaired) electrons. The van der Waals surface area contributed by atoms with Gasteiger partial charge in [-0.05, 0) is 38.0 Å². The summed E-state index contributed by atoms with van der Waals surface area (Å²) in [6.07, 6.45) is 5.58. The van der Waals surface area contributed by atoms with Gasteiger partial charge in [-0.2, -0.15) is 0 Å². The van der Waals surface area contributed by atoms with Crippen LogP contribution in [0.4, 0.5) is 4.79 Å². The Morgan fingerprint density at radius 3 is 2.56 bits per heavy atom. The van der Waals surface area contributed by atoms with Gasteiger partial charge in [-0.25, -0.2) is 4.79 Å². The maximum Gasteiger partial charge on any atom is 0.315 e. The molecule has 4 heteroatoms. The van der Waals surface area contributed by atoms with Crippen LogP contribution in [-0.4, -0.2) is 29.8 Å². The van der Waals surface area contributed by atoms with Gasteiger partial charge >= 0.3 is 6.03 Å². The van der Waals surface area contributed by atoms with Crippen LogP contribution in [-0.2, 0) is 0 Å². The topological polar surface area (TPSA) is 61.4 Å². The molecule has 1 saturated carbocycles. The molecule has 1 atom stereocenters. The van der Waals surface area contributed by atoms with Gasteiger partial charge in [-0.3, -0.25) is 0 Å².